The number of hydrogen-bond acceptors (Lipinski definition) is 3. The van der Waals surface area contributed by atoms with Gasteiger partial charge in [0.15, 0.2) is 0 Å². The maximum Gasteiger partial charge on any atom is 0.144 e. The fourth-order valence-electron chi connectivity index (χ4n) is 6.39. The Morgan fingerprint density at radius 1 is 0.463 bits per heavy atom. The van der Waals surface area contributed by atoms with Crippen molar-refractivity contribution in [1.29, 1.82) is 0 Å². The topological polar surface area (TPSA) is 16.4 Å². The van der Waals surface area contributed by atoms with Gasteiger partial charge in [0.1, 0.15) is 11.2 Å². The Morgan fingerprint density at radius 2 is 1.20 bits per heavy atom. The van der Waals surface area contributed by atoms with Crippen molar-refractivity contribution in [3.63, 3.8) is 0 Å². The van der Waals surface area contributed by atoms with Crippen LogP contribution in [0.1, 0.15) is 0 Å². The average Bonchev–Trinajstić information content (AvgIpc) is 3.60. The molecule has 0 aliphatic carbocycles. The monoisotopic (exact) mass is 541 g/mol. The SMILES string of the molecule is c1ccc(N(c2ccc3ccc4ccccc4c3c2)c2cccc3sc4ccc5c6ccccc6oc5c4c23)cc1. The summed E-state index contributed by atoms with van der Waals surface area (Å²) in [6.45, 7) is 0. The van der Waals surface area contributed by atoms with Gasteiger partial charge in [-0.2, -0.15) is 0 Å². The zero-order valence-corrected chi connectivity index (χ0v) is 22.9. The molecule has 41 heavy (non-hydrogen) atoms. The van der Waals surface area contributed by atoms with Crippen molar-refractivity contribution < 1.29 is 4.42 Å². The fourth-order valence-corrected chi connectivity index (χ4v) is 7.51. The first kappa shape index (κ1) is 22.7. The van der Waals surface area contributed by atoms with Crippen LogP contribution in [0.3, 0.4) is 0 Å². The molecular weight excluding hydrogens is 518 g/mol. The van der Waals surface area contributed by atoms with Gasteiger partial charge in [0.05, 0.1) is 5.69 Å². The highest BCUT2D eigenvalue weighted by molar-refractivity contribution is 7.26. The first-order valence-corrected chi connectivity index (χ1v) is 14.7. The van der Waals surface area contributed by atoms with Crippen molar-refractivity contribution in [2.45, 2.75) is 0 Å². The smallest absolute Gasteiger partial charge is 0.144 e. The molecule has 0 N–H and O–H groups in total. The Hall–Kier alpha value is -5.12. The van der Waals surface area contributed by atoms with E-state index in [2.05, 4.69) is 138 Å². The zero-order chi connectivity index (χ0) is 26.9. The molecule has 0 unspecified atom stereocenters. The molecule has 0 amide bonds. The summed E-state index contributed by atoms with van der Waals surface area (Å²) in [6, 6.07) is 50.0. The number of furan rings is 1. The van der Waals surface area contributed by atoms with Crippen molar-refractivity contribution in [2.75, 3.05) is 4.90 Å². The lowest BCUT2D eigenvalue weighted by Crippen LogP contribution is -2.10. The number of thiophene rings is 1. The highest BCUT2D eigenvalue weighted by Crippen LogP contribution is 2.48. The number of benzene rings is 7. The van der Waals surface area contributed by atoms with Gasteiger partial charge in [-0.25, -0.2) is 0 Å². The normalized spacial score (nSPS) is 11.9. The van der Waals surface area contributed by atoms with Gasteiger partial charge in [-0.15, -0.1) is 11.3 Å². The van der Waals surface area contributed by atoms with Gasteiger partial charge in [0, 0.05) is 42.3 Å². The zero-order valence-electron chi connectivity index (χ0n) is 22.0. The maximum absolute atomic E-state index is 6.57. The van der Waals surface area contributed by atoms with Crippen molar-refractivity contribution >= 4 is 92.1 Å². The van der Waals surface area contributed by atoms with E-state index in [4.69, 9.17) is 4.42 Å². The highest BCUT2D eigenvalue weighted by Gasteiger charge is 2.21. The molecule has 2 nitrogen and oxygen atoms in total. The number of fused-ring (bicyclic) bond motifs is 10. The first-order valence-electron chi connectivity index (χ1n) is 13.9. The first-order chi connectivity index (χ1) is 20.3. The van der Waals surface area contributed by atoms with E-state index in [1.807, 2.05) is 17.4 Å². The summed E-state index contributed by atoms with van der Waals surface area (Å²) >= 11 is 1.83. The summed E-state index contributed by atoms with van der Waals surface area (Å²) in [6.07, 6.45) is 0. The quantitative estimate of drug-likeness (QED) is 0.207. The van der Waals surface area contributed by atoms with Crippen molar-refractivity contribution in [1.82, 2.24) is 0 Å². The lowest BCUT2D eigenvalue weighted by Gasteiger charge is -2.27. The summed E-state index contributed by atoms with van der Waals surface area (Å²) in [5.74, 6) is 0. The third kappa shape index (κ3) is 3.36. The third-order valence-corrected chi connectivity index (χ3v) is 9.35. The molecule has 2 aromatic heterocycles. The van der Waals surface area contributed by atoms with Crippen LogP contribution in [-0.2, 0) is 0 Å². The van der Waals surface area contributed by atoms with E-state index in [1.54, 1.807) is 0 Å². The van der Waals surface area contributed by atoms with Crippen molar-refractivity contribution in [2.24, 2.45) is 0 Å². The molecule has 0 aliphatic heterocycles. The van der Waals surface area contributed by atoms with Crippen LogP contribution in [0.4, 0.5) is 17.1 Å². The van der Waals surface area contributed by atoms with Gasteiger partial charge in [-0.05, 0) is 76.1 Å². The van der Waals surface area contributed by atoms with Gasteiger partial charge in [-0.3, -0.25) is 0 Å². The van der Waals surface area contributed by atoms with E-state index >= 15 is 0 Å². The Kier molecular flexibility index (Phi) is 4.80. The Morgan fingerprint density at radius 3 is 2.10 bits per heavy atom. The molecule has 0 spiro atoms. The highest BCUT2D eigenvalue weighted by atomic mass is 32.1. The van der Waals surface area contributed by atoms with E-state index in [0.29, 0.717) is 0 Å². The van der Waals surface area contributed by atoms with E-state index in [9.17, 15) is 0 Å². The van der Waals surface area contributed by atoms with E-state index < -0.39 is 0 Å². The minimum atomic E-state index is 0.924. The van der Waals surface area contributed by atoms with Crippen LogP contribution in [0, 0.1) is 0 Å². The number of para-hydroxylation sites is 2. The molecule has 0 bridgehead atoms. The molecule has 0 fully saturated rings. The van der Waals surface area contributed by atoms with Crippen LogP contribution in [-0.4, -0.2) is 0 Å². The standard InChI is InChI=1S/C38H23NOS/c1-2-10-26(11-3-1)39(27-20-19-25-18-17-24-9-4-5-12-28(24)31(25)23-27)32-14-8-16-34-36(32)37-35(41-34)22-21-30-29-13-6-7-15-33(29)40-38(30)37/h1-23H. The van der Waals surface area contributed by atoms with Crippen molar-refractivity contribution in [3.8, 4) is 0 Å². The molecule has 3 heteroatoms. The molecule has 7 aromatic carbocycles. The van der Waals surface area contributed by atoms with Gasteiger partial charge >= 0.3 is 0 Å². The van der Waals surface area contributed by atoms with Crippen LogP contribution in [0.5, 0.6) is 0 Å². The Labute approximate surface area is 240 Å². The molecule has 2 heterocycles. The molecule has 0 atom stereocenters. The number of nitrogens with zero attached hydrogens (tertiary/aromatic N) is 1. The molecule has 0 saturated carbocycles. The van der Waals surface area contributed by atoms with Gasteiger partial charge < -0.3 is 9.32 Å². The number of anilines is 3. The second kappa shape index (κ2) is 8.69. The van der Waals surface area contributed by atoms with Gasteiger partial charge in [0.25, 0.3) is 0 Å². The summed E-state index contributed by atoms with van der Waals surface area (Å²) in [7, 11) is 0. The maximum atomic E-state index is 6.57. The largest absolute Gasteiger partial charge is 0.455 e. The van der Waals surface area contributed by atoms with Crippen LogP contribution in [0.15, 0.2) is 144 Å². The van der Waals surface area contributed by atoms with Gasteiger partial charge in [0.2, 0.25) is 0 Å². The number of hydrogen-bond donors (Lipinski definition) is 0. The van der Waals surface area contributed by atoms with E-state index in [1.165, 1.54) is 41.7 Å². The predicted molar refractivity (Wildman–Crippen MR) is 176 cm³/mol. The predicted octanol–water partition coefficient (Wildman–Crippen LogP) is 11.7. The van der Waals surface area contributed by atoms with E-state index in [0.717, 1.165) is 39.0 Å². The summed E-state index contributed by atoms with van der Waals surface area (Å²) in [5, 5.41) is 9.73. The lowest BCUT2D eigenvalue weighted by atomic mass is 10.0. The van der Waals surface area contributed by atoms with Crippen LogP contribution >= 0.6 is 11.3 Å². The molecule has 192 valence electrons. The summed E-state index contributed by atoms with van der Waals surface area (Å²) < 4.78 is 9.05. The minimum Gasteiger partial charge on any atom is -0.455 e. The minimum absolute atomic E-state index is 0.924. The fraction of sp³-hybridized carbons (Fsp3) is 0. The van der Waals surface area contributed by atoms with Crippen molar-refractivity contribution in [3.05, 3.63) is 140 Å². The molecule has 0 radical (unpaired) electrons. The summed E-state index contributed by atoms with van der Waals surface area (Å²) in [4.78, 5) is 2.40. The second-order valence-corrected chi connectivity index (χ2v) is 11.6. The van der Waals surface area contributed by atoms with E-state index in [-0.39, 0.29) is 0 Å². The van der Waals surface area contributed by atoms with Crippen LogP contribution in [0.25, 0.3) is 63.7 Å². The molecule has 9 rings (SSSR count). The van der Waals surface area contributed by atoms with Gasteiger partial charge in [-0.1, -0.05) is 84.9 Å². The second-order valence-electron chi connectivity index (χ2n) is 10.5. The van der Waals surface area contributed by atoms with Crippen LogP contribution in [0.2, 0.25) is 0 Å². The summed E-state index contributed by atoms with van der Waals surface area (Å²) in [5.41, 5.74) is 5.28. The third-order valence-electron chi connectivity index (χ3n) is 8.23. The molecular formula is C38H23NOS. The lowest BCUT2D eigenvalue weighted by molar-refractivity contribution is 0.673. The average molecular weight is 542 g/mol. The Bertz CT molecular complexity index is 2430. The van der Waals surface area contributed by atoms with Crippen LogP contribution < -0.4 is 4.90 Å². The molecule has 9 aromatic rings. The molecule has 0 saturated heterocycles. The molecule has 0 aliphatic rings. The Balaban J connectivity index is 1.39. The number of rotatable bonds is 3.